The van der Waals surface area contributed by atoms with Crippen LogP contribution in [0.15, 0.2) is 20.9 Å². The molecule has 2 heterocycles. The molecule has 2 atom stereocenters. The van der Waals surface area contributed by atoms with Crippen molar-refractivity contribution in [2.24, 2.45) is 0 Å². The molecule has 0 spiro atoms. The summed E-state index contributed by atoms with van der Waals surface area (Å²) in [7, 11) is 0. The maximum atomic E-state index is 11.5. The summed E-state index contributed by atoms with van der Waals surface area (Å²) in [5.74, 6) is 0.336. The van der Waals surface area contributed by atoms with E-state index in [1.807, 2.05) is 13.8 Å². The Morgan fingerprint density at radius 1 is 1.61 bits per heavy atom. The largest absolute Gasteiger partial charge is 0.358 e. The van der Waals surface area contributed by atoms with Crippen LogP contribution in [0.3, 0.4) is 0 Å². The van der Waals surface area contributed by atoms with E-state index in [2.05, 4.69) is 26.6 Å². The minimum absolute atomic E-state index is 0.336. The maximum Gasteiger partial charge on any atom is 0.170 e. The van der Waals surface area contributed by atoms with Crippen LogP contribution in [0.5, 0.6) is 0 Å². The fourth-order valence-corrected chi connectivity index (χ4v) is 2.67. The third-order valence-electron chi connectivity index (χ3n) is 2.56. The minimum atomic E-state index is -2.14. The van der Waals surface area contributed by atoms with Crippen LogP contribution < -0.4 is 5.48 Å². The number of hydrogen-bond acceptors (Lipinski definition) is 5. The summed E-state index contributed by atoms with van der Waals surface area (Å²) >= 11 is 1.07. The zero-order chi connectivity index (χ0) is 13.5. The highest BCUT2D eigenvalue weighted by Crippen LogP contribution is 2.35. The Bertz CT molecular complexity index is 526. The smallest absolute Gasteiger partial charge is 0.170 e. The quantitative estimate of drug-likeness (QED) is 0.823. The lowest BCUT2D eigenvalue weighted by Gasteiger charge is -2.13. The Morgan fingerprint density at radius 3 is 2.67 bits per heavy atom. The molecule has 0 aliphatic carbocycles. The van der Waals surface area contributed by atoms with Crippen LogP contribution in [-0.2, 0) is 15.9 Å². The molecule has 18 heavy (non-hydrogen) atoms. The van der Waals surface area contributed by atoms with Crippen molar-refractivity contribution in [2.75, 3.05) is 0 Å². The molecule has 2 rings (SSSR count). The van der Waals surface area contributed by atoms with E-state index in [1.165, 1.54) is 0 Å². The standard InChI is InChI=1S/C10H13BrN2O4S/c1-5-7(16-13-9(5)11)8(18(14)15)6-4-10(2,3)17-12-6/h4,8,12H,1-3H3,(H,14,15). The summed E-state index contributed by atoms with van der Waals surface area (Å²) in [6.45, 7) is 5.44. The van der Waals surface area contributed by atoms with E-state index < -0.39 is 21.9 Å². The van der Waals surface area contributed by atoms with Gasteiger partial charge in [0.1, 0.15) is 5.60 Å². The number of nitrogens with zero attached hydrogens (tertiary/aromatic N) is 1. The first-order valence-electron chi connectivity index (χ1n) is 5.20. The molecule has 1 aromatic rings. The van der Waals surface area contributed by atoms with Gasteiger partial charge in [-0.3, -0.25) is 10.3 Å². The second-order valence-corrected chi connectivity index (χ2v) is 6.30. The van der Waals surface area contributed by atoms with Crippen molar-refractivity contribution in [1.82, 2.24) is 10.6 Å². The third kappa shape index (κ3) is 2.51. The summed E-state index contributed by atoms with van der Waals surface area (Å²) < 4.78 is 26.6. The van der Waals surface area contributed by atoms with Gasteiger partial charge in [-0.2, -0.15) is 0 Å². The molecule has 1 aliphatic rings. The first-order chi connectivity index (χ1) is 8.32. The summed E-state index contributed by atoms with van der Waals surface area (Å²) in [4.78, 5) is 5.29. The number of hydrogen-bond donors (Lipinski definition) is 2. The molecule has 2 N–H and O–H groups in total. The second kappa shape index (κ2) is 4.76. The second-order valence-electron chi connectivity index (χ2n) is 4.53. The lowest BCUT2D eigenvalue weighted by molar-refractivity contribution is -0.0161. The van der Waals surface area contributed by atoms with E-state index in [9.17, 15) is 8.76 Å². The molecule has 0 saturated carbocycles. The van der Waals surface area contributed by atoms with Gasteiger partial charge in [-0.15, -0.1) is 0 Å². The Morgan fingerprint density at radius 2 is 2.28 bits per heavy atom. The van der Waals surface area contributed by atoms with Crippen molar-refractivity contribution < 1.29 is 18.1 Å². The Kier molecular flexibility index (Phi) is 3.63. The zero-order valence-electron chi connectivity index (χ0n) is 10.1. The van der Waals surface area contributed by atoms with Gasteiger partial charge in [0.2, 0.25) is 0 Å². The highest BCUT2D eigenvalue weighted by atomic mass is 79.9. The van der Waals surface area contributed by atoms with Gasteiger partial charge in [0.25, 0.3) is 0 Å². The molecule has 0 saturated heterocycles. The monoisotopic (exact) mass is 336 g/mol. The van der Waals surface area contributed by atoms with E-state index in [4.69, 9.17) is 9.36 Å². The number of hydroxylamine groups is 1. The molecule has 0 fully saturated rings. The normalized spacial score (nSPS) is 21.3. The molecule has 0 aromatic carbocycles. The van der Waals surface area contributed by atoms with Crippen LogP contribution in [0.2, 0.25) is 0 Å². The van der Waals surface area contributed by atoms with E-state index >= 15 is 0 Å². The van der Waals surface area contributed by atoms with Crippen LogP contribution in [0.1, 0.15) is 30.4 Å². The number of nitrogens with one attached hydrogen (secondary N) is 1. The van der Waals surface area contributed by atoms with Crippen LogP contribution in [0.4, 0.5) is 0 Å². The van der Waals surface area contributed by atoms with Gasteiger partial charge in [0, 0.05) is 5.56 Å². The highest BCUT2D eigenvalue weighted by Gasteiger charge is 2.36. The first kappa shape index (κ1) is 13.7. The lowest BCUT2D eigenvalue weighted by Crippen LogP contribution is -2.22. The van der Waals surface area contributed by atoms with Crippen LogP contribution in [0.25, 0.3) is 0 Å². The van der Waals surface area contributed by atoms with Gasteiger partial charge < -0.3 is 9.08 Å². The molecule has 6 nitrogen and oxygen atoms in total. The van der Waals surface area contributed by atoms with Crippen molar-refractivity contribution in [3.05, 3.63) is 27.7 Å². The van der Waals surface area contributed by atoms with Gasteiger partial charge in [0.05, 0.1) is 5.70 Å². The molecule has 8 heteroatoms. The van der Waals surface area contributed by atoms with E-state index in [1.54, 1.807) is 13.0 Å². The zero-order valence-corrected chi connectivity index (χ0v) is 12.5. The van der Waals surface area contributed by atoms with Gasteiger partial charge in [-0.1, -0.05) is 5.16 Å². The molecule has 1 aromatic heterocycles. The summed E-state index contributed by atoms with van der Waals surface area (Å²) in [6.07, 6.45) is 1.75. The molecule has 1 aliphatic heterocycles. The lowest BCUT2D eigenvalue weighted by atomic mass is 10.1. The topological polar surface area (TPSA) is 84.6 Å². The average molecular weight is 337 g/mol. The fraction of sp³-hybridized carbons (Fsp3) is 0.500. The number of halogens is 1. The molecule has 2 unspecified atom stereocenters. The van der Waals surface area contributed by atoms with Crippen LogP contribution >= 0.6 is 15.9 Å². The van der Waals surface area contributed by atoms with Gasteiger partial charge >= 0.3 is 0 Å². The van der Waals surface area contributed by atoms with E-state index in [0.717, 1.165) is 0 Å². The fourth-order valence-electron chi connectivity index (χ4n) is 1.67. The van der Waals surface area contributed by atoms with Crippen molar-refractivity contribution in [3.63, 3.8) is 0 Å². The van der Waals surface area contributed by atoms with Crippen LogP contribution in [0, 0.1) is 6.92 Å². The van der Waals surface area contributed by atoms with E-state index in [0.29, 0.717) is 21.6 Å². The van der Waals surface area contributed by atoms with Crippen molar-refractivity contribution in [3.8, 4) is 0 Å². The van der Waals surface area contributed by atoms with Crippen molar-refractivity contribution in [1.29, 1.82) is 0 Å². The van der Waals surface area contributed by atoms with Crippen molar-refractivity contribution >= 4 is 27.0 Å². The molecule has 0 bridgehead atoms. The molecular weight excluding hydrogens is 324 g/mol. The predicted molar refractivity (Wildman–Crippen MR) is 68.8 cm³/mol. The molecule has 0 radical (unpaired) electrons. The highest BCUT2D eigenvalue weighted by molar-refractivity contribution is 9.10. The predicted octanol–water partition coefficient (Wildman–Crippen LogP) is 2.21. The summed E-state index contributed by atoms with van der Waals surface area (Å²) in [5, 5.41) is 2.89. The van der Waals surface area contributed by atoms with Gasteiger partial charge in [-0.25, -0.2) is 4.21 Å². The van der Waals surface area contributed by atoms with Gasteiger partial charge in [0.15, 0.2) is 26.7 Å². The number of aromatic nitrogens is 1. The minimum Gasteiger partial charge on any atom is -0.358 e. The number of rotatable bonds is 3. The molecule has 0 amide bonds. The first-order valence-corrected chi connectivity index (χ1v) is 7.16. The summed E-state index contributed by atoms with van der Waals surface area (Å²) in [6, 6.07) is 0. The maximum absolute atomic E-state index is 11.5. The third-order valence-corrected chi connectivity index (χ3v) is 4.17. The molecular formula is C10H13BrN2O4S. The Labute approximate surface area is 115 Å². The Balaban J connectivity index is 2.42. The Hall–Kier alpha value is -0.700. The van der Waals surface area contributed by atoms with E-state index in [-0.39, 0.29) is 0 Å². The SMILES string of the molecule is Cc1c(Br)noc1C(C1=CC(C)(C)ON1)S(=O)O. The summed E-state index contributed by atoms with van der Waals surface area (Å²) in [5.41, 5.74) is 3.32. The van der Waals surface area contributed by atoms with Crippen molar-refractivity contribution in [2.45, 2.75) is 31.6 Å². The molecule has 100 valence electrons. The average Bonchev–Trinajstić information content (AvgIpc) is 2.75. The van der Waals surface area contributed by atoms with Gasteiger partial charge in [-0.05, 0) is 42.8 Å². The van der Waals surface area contributed by atoms with Crippen LogP contribution in [-0.4, -0.2) is 19.5 Å².